The van der Waals surface area contributed by atoms with Crippen LogP contribution in [0.15, 0.2) is 18.2 Å². The number of anilines is 1. The van der Waals surface area contributed by atoms with Crippen molar-refractivity contribution in [3.63, 3.8) is 0 Å². The van der Waals surface area contributed by atoms with Crippen molar-refractivity contribution in [2.45, 2.75) is 25.1 Å². The average molecular weight is 304 g/mol. The summed E-state index contributed by atoms with van der Waals surface area (Å²) in [6.45, 7) is 0.379. The fraction of sp³-hybridized carbons (Fsp3) is 0.417. The van der Waals surface area contributed by atoms with E-state index in [0.717, 1.165) is 12.1 Å². The predicted molar refractivity (Wildman–Crippen MR) is 65.7 cm³/mol. The second kappa shape index (κ2) is 5.68. The molecule has 1 atom stereocenters. The number of non-ortho nitro benzene ring substituents is 1. The lowest BCUT2D eigenvalue weighted by molar-refractivity contribution is -0.385. The number of carbonyl (C=O) groups excluding carboxylic acids is 1. The number of alkyl halides is 3. The van der Waals surface area contributed by atoms with Gasteiger partial charge in [-0.2, -0.15) is 13.2 Å². The van der Waals surface area contributed by atoms with Gasteiger partial charge >= 0.3 is 6.18 Å². The number of amides is 1. The van der Waals surface area contributed by atoms with E-state index in [-0.39, 0.29) is 0 Å². The highest BCUT2D eigenvalue weighted by atomic mass is 19.4. The molecule has 1 heterocycles. The maximum atomic E-state index is 12.9. The Bertz CT molecular complexity index is 568. The Morgan fingerprint density at radius 2 is 2.14 bits per heavy atom. The SMILES string of the molecule is O=C(Nc1ccc([N+](=O)[O-])cc1C(F)(F)F)[C@H]1CCCO1. The summed E-state index contributed by atoms with van der Waals surface area (Å²) in [6.07, 6.45) is -4.52. The Hall–Kier alpha value is -2.16. The number of nitro benzene ring substituents is 1. The fourth-order valence-electron chi connectivity index (χ4n) is 1.99. The third-order valence-corrected chi connectivity index (χ3v) is 3.00. The lowest BCUT2D eigenvalue weighted by Crippen LogP contribution is -2.28. The highest BCUT2D eigenvalue weighted by molar-refractivity contribution is 5.95. The summed E-state index contributed by atoms with van der Waals surface area (Å²) in [5.74, 6) is -0.688. The standard InChI is InChI=1S/C12H11F3N2O4/c13-12(14,15)8-6-7(17(19)20)3-4-9(8)16-11(18)10-2-1-5-21-10/h3-4,6,10H,1-2,5H2,(H,16,18)/t10-/m1/s1. The lowest BCUT2D eigenvalue weighted by atomic mass is 10.1. The van der Waals surface area contributed by atoms with E-state index in [1.807, 2.05) is 0 Å². The van der Waals surface area contributed by atoms with Crippen LogP contribution in [0, 0.1) is 10.1 Å². The number of hydrogen-bond donors (Lipinski definition) is 1. The summed E-state index contributed by atoms with van der Waals surface area (Å²) in [5, 5.41) is 12.7. The molecular weight excluding hydrogens is 293 g/mol. The third kappa shape index (κ3) is 3.48. The van der Waals surface area contributed by atoms with Gasteiger partial charge in [-0.1, -0.05) is 0 Å². The maximum Gasteiger partial charge on any atom is 0.418 e. The van der Waals surface area contributed by atoms with Crippen LogP contribution in [0.2, 0.25) is 0 Å². The molecule has 9 heteroatoms. The Labute approximate surface area is 117 Å². The minimum atomic E-state index is -4.81. The number of nitro groups is 1. The molecule has 1 aromatic rings. The molecule has 2 rings (SSSR count). The molecule has 6 nitrogen and oxygen atoms in total. The van der Waals surface area contributed by atoms with E-state index in [9.17, 15) is 28.1 Å². The molecule has 1 fully saturated rings. The first-order valence-electron chi connectivity index (χ1n) is 6.07. The third-order valence-electron chi connectivity index (χ3n) is 3.00. The zero-order valence-electron chi connectivity index (χ0n) is 10.6. The van der Waals surface area contributed by atoms with Gasteiger partial charge in [0.2, 0.25) is 0 Å². The van der Waals surface area contributed by atoms with E-state index >= 15 is 0 Å². The Balaban J connectivity index is 2.29. The number of nitrogens with zero attached hydrogens (tertiary/aromatic N) is 1. The number of benzene rings is 1. The molecule has 0 aliphatic carbocycles. The molecule has 0 aromatic heterocycles. The summed E-state index contributed by atoms with van der Waals surface area (Å²) in [5.41, 5.74) is -2.48. The topological polar surface area (TPSA) is 81.5 Å². The second-order valence-corrected chi connectivity index (χ2v) is 4.48. The molecule has 21 heavy (non-hydrogen) atoms. The summed E-state index contributed by atoms with van der Waals surface area (Å²) >= 11 is 0. The van der Waals surface area contributed by atoms with E-state index in [0.29, 0.717) is 25.5 Å². The Morgan fingerprint density at radius 1 is 1.43 bits per heavy atom. The van der Waals surface area contributed by atoms with Crippen molar-refractivity contribution in [3.05, 3.63) is 33.9 Å². The van der Waals surface area contributed by atoms with Gasteiger partial charge in [0.25, 0.3) is 11.6 Å². The quantitative estimate of drug-likeness (QED) is 0.687. The number of ether oxygens (including phenoxy) is 1. The molecule has 0 unspecified atom stereocenters. The summed E-state index contributed by atoms with van der Waals surface area (Å²) in [7, 11) is 0. The Morgan fingerprint density at radius 3 is 2.67 bits per heavy atom. The normalized spacial score (nSPS) is 18.5. The molecule has 0 spiro atoms. The molecule has 1 aliphatic heterocycles. The van der Waals surface area contributed by atoms with Crippen molar-refractivity contribution < 1.29 is 27.6 Å². The molecule has 114 valence electrons. The van der Waals surface area contributed by atoms with Gasteiger partial charge in [-0.25, -0.2) is 0 Å². The number of carbonyl (C=O) groups is 1. The summed E-state index contributed by atoms with van der Waals surface area (Å²) < 4.78 is 43.8. The van der Waals surface area contributed by atoms with E-state index < -0.39 is 40.0 Å². The molecule has 1 amide bonds. The summed E-state index contributed by atoms with van der Waals surface area (Å²) in [4.78, 5) is 21.4. The van der Waals surface area contributed by atoms with Crippen LogP contribution in [0.3, 0.4) is 0 Å². The monoisotopic (exact) mass is 304 g/mol. The smallest absolute Gasteiger partial charge is 0.368 e. The first kappa shape index (κ1) is 15.2. The van der Waals surface area contributed by atoms with Gasteiger partial charge in [0.15, 0.2) is 0 Å². The van der Waals surface area contributed by atoms with Crippen molar-refractivity contribution in [1.82, 2.24) is 0 Å². The molecule has 1 aliphatic rings. The minimum Gasteiger partial charge on any atom is -0.368 e. The van der Waals surface area contributed by atoms with Gasteiger partial charge < -0.3 is 10.1 Å². The first-order valence-corrected chi connectivity index (χ1v) is 6.07. The summed E-state index contributed by atoms with van der Waals surface area (Å²) in [6, 6.07) is 2.17. The first-order chi connectivity index (χ1) is 9.79. The van der Waals surface area contributed by atoms with Crippen molar-refractivity contribution in [2.24, 2.45) is 0 Å². The van der Waals surface area contributed by atoms with Crippen LogP contribution in [0.1, 0.15) is 18.4 Å². The molecule has 0 bridgehead atoms. The molecule has 1 aromatic carbocycles. The van der Waals surface area contributed by atoms with Gasteiger partial charge in [-0.15, -0.1) is 0 Å². The molecule has 0 radical (unpaired) electrons. The van der Waals surface area contributed by atoms with Crippen molar-refractivity contribution in [3.8, 4) is 0 Å². The number of nitrogens with one attached hydrogen (secondary N) is 1. The largest absolute Gasteiger partial charge is 0.418 e. The molecule has 1 N–H and O–H groups in total. The van der Waals surface area contributed by atoms with Crippen molar-refractivity contribution in [1.29, 1.82) is 0 Å². The van der Waals surface area contributed by atoms with E-state index in [4.69, 9.17) is 4.74 Å². The highest BCUT2D eigenvalue weighted by Gasteiger charge is 2.36. The van der Waals surface area contributed by atoms with Crippen LogP contribution >= 0.6 is 0 Å². The number of rotatable bonds is 3. The van der Waals surface area contributed by atoms with Crippen molar-refractivity contribution >= 4 is 17.3 Å². The van der Waals surface area contributed by atoms with Crippen LogP contribution in [-0.2, 0) is 15.7 Å². The molecule has 0 saturated carbocycles. The zero-order chi connectivity index (χ0) is 15.6. The predicted octanol–water partition coefficient (Wildman–Crippen LogP) is 2.73. The van der Waals surface area contributed by atoms with E-state index in [1.54, 1.807) is 0 Å². The maximum absolute atomic E-state index is 12.9. The number of hydrogen-bond acceptors (Lipinski definition) is 4. The Kier molecular flexibility index (Phi) is 4.12. The van der Waals surface area contributed by atoms with Gasteiger partial charge in [0.05, 0.1) is 16.2 Å². The van der Waals surface area contributed by atoms with Crippen LogP contribution in [0.25, 0.3) is 0 Å². The van der Waals surface area contributed by atoms with Crippen LogP contribution in [0.4, 0.5) is 24.5 Å². The molecule has 1 saturated heterocycles. The van der Waals surface area contributed by atoms with Gasteiger partial charge in [-0.05, 0) is 18.9 Å². The van der Waals surface area contributed by atoms with E-state index in [2.05, 4.69) is 5.32 Å². The minimum absolute atomic E-state index is 0.379. The second-order valence-electron chi connectivity index (χ2n) is 4.48. The van der Waals surface area contributed by atoms with Crippen LogP contribution in [-0.4, -0.2) is 23.5 Å². The van der Waals surface area contributed by atoms with Crippen LogP contribution in [0.5, 0.6) is 0 Å². The van der Waals surface area contributed by atoms with Gasteiger partial charge in [0.1, 0.15) is 6.10 Å². The van der Waals surface area contributed by atoms with Crippen molar-refractivity contribution in [2.75, 3.05) is 11.9 Å². The van der Waals surface area contributed by atoms with Gasteiger partial charge in [-0.3, -0.25) is 14.9 Å². The average Bonchev–Trinajstić information content (AvgIpc) is 2.91. The lowest BCUT2D eigenvalue weighted by Gasteiger charge is -2.15. The van der Waals surface area contributed by atoms with Crippen LogP contribution < -0.4 is 5.32 Å². The number of halogens is 3. The zero-order valence-corrected chi connectivity index (χ0v) is 10.6. The molecular formula is C12H11F3N2O4. The highest BCUT2D eigenvalue weighted by Crippen LogP contribution is 2.37. The fourth-order valence-corrected chi connectivity index (χ4v) is 1.99. The van der Waals surface area contributed by atoms with Gasteiger partial charge in [0, 0.05) is 18.7 Å². The van der Waals surface area contributed by atoms with E-state index in [1.165, 1.54) is 0 Å².